The van der Waals surface area contributed by atoms with E-state index in [4.69, 9.17) is 0 Å². The highest BCUT2D eigenvalue weighted by Crippen LogP contribution is 2.50. The first kappa shape index (κ1) is 12.6. The van der Waals surface area contributed by atoms with Crippen LogP contribution in [0.25, 0.3) is 10.1 Å². The van der Waals surface area contributed by atoms with Gasteiger partial charge in [0.05, 0.1) is 4.70 Å². The summed E-state index contributed by atoms with van der Waals surface area (Å²) in [5.74, 6) is 0. The largest absolute Gasteiger partial charge is 0.427 e. The van der Waals surface area contributed by atoms with Crippen molar-refractivity contribution in [2.24, 2.45) is 0 Å². The van der Waals surface area contributed by atoms with Crippen LogP contribution in [0.5, 0.6) is 0 Å². The molecule has 0 aromatic carbocycles. The molecular weight excluding hydrogens is 293 g/mol. The molecular formula is C8HF7S2. The summed E-state index contributed by atoms with van der Waals surface area (Å²) in [7, 11) is 0. The number of hydrogen-bond acceptors (Lipinski definition) is 2. The van der Waals surface area contributed by atoms with Gasteiger partial charge in [0, 0.05) is 5.39 Å². The van der Waals surface area contributed by atoms with Crippen LogP contribution in [0.1, 0.15) is 9.75 Å². The molecule has 94 valence electrons. The van der Waals surface area contributed by atoms with E-state index in [1.807, 2.05) is 0 Å². The van der Waals surface area contributed by atoms with Crippen LogP contribution in [0.2, 0.25) is 0 Å². The summed E-state index contributed by atoms with van der Waals surface area (Å²) >= 11 is -0.338. The van der Waals surface area contributed by atoms with Crippen LogP contribution in [0.15, 0.2) is 6.07 Å². The van der Waals surface area contributed by atoms with Crippen molar-refractivity contribution < 1.29 is 30.7 Å². The molecule has 0 aliphatic carbocycles. The molecule has 2 rings (SSSR count). The van der Waals surface area contributed by atoms with Crippen molar-refractivity contribution in [1.82, 2.24) is 0 Å². The third kappa shape index (κ3) is 2.13. The quantitative estimate of drug-likeness (QED) is 0.590. The molecule has 2 aromatic heterocycles. The van der Waals surface area contributed by atoms with Gasteiger partial charge in [-0.3, -0.25) is 0 Å². The van der Waals surface area contributed by atoms with E-state index in [1.165, 1.54) is 0 Å². The average Bonchev–Trinajstić information content (AvgIpc) is 2.55. The SMILES string of the molecule is Fc1cc2c(C(F)(F)F)sc(C(F)(F)F)c2s1. The van der Waals surface area contributed by atoms with Gasteiger partial charge in [0.2, 0.25) is 0 Å². The topological polar surface area (TPSA) is 0 Å². The molecule has 0 saturated heterocycles. The third-order valence-electron chi connectivity index (χ3n) is 1.87. The molecule has 0 unspecified atom stereocenters. The summed E-state index contributed by atoms with van der Waals surface area (Å²) in [6.45, 7) is 0. The lowest BCUT2D eigenvalue weighted by atomic mass is 10.3. The van der Waals surface area contributed by atoms with Crippen LogP contribution in [0, 0.1) is 5.13 Å². The second kappa shape index (κ2) is 3.58. The molecule has 2 aromatic rings. The maximum atomic E-state index is 12.8. The molecule has 0 amide bonds. The molecule has 17 heavy (non-hydrogen) atoms. The second-order valence-electron chi connectivity index (χ2n) is 3.05. The lowest BCUT2D eigenvalue weighted by Crippen LogP contribution is -2.03. The van der Waals surface area contributed by atoms with Crippen LogP contribution in [-0.2, 0) is 12.4 Å². The van der Waals surface area contributed by atoms with Gasteiger partial charge in [-0.1, -0.05) is 0 Å². The highest BCUT2D eigenvalue weighted by Gasteiger charge is 2.43. The monoisotopic (exact) mass is 294 g/mol. The minimum Gasteiger partial charge on any atom is -0.195 e. The number of fused-ring (bicyclic) bond motifs is 1. The van der Waals surface area contributed by atoms with Crippen molar-refractivity contribution in [3.63, 3.8) is 0 Å². The number of rotatable bonds is 0. The number of hydrogen-bond donors (Lipinski definition) is 0. The Labute approximate surface area is 97.3 Å². The van der Waals surface area contributed by atoms with E-state index >= 15 is 0 Å². The van der Waals surface area contributed by atoms with E-state index in [1.54, 1.807) is 0 Å². The van der Waals surface area contributed by atoms with E-state index in [0.29, 0.717) is 6.07 Å². The lowest BCUT2D eigenvalue weighted by Gasteiger charge is -2.03. The first-order chi connectivity index (χ1) is 7.60. The van der Waals surface area contributed by atoms with Crippen LogP contribution in [-0.4, -0.2) is 0 Å². The summed E-state index contributed by atoms with van der Waals surface area (Å²) in [6, 6.07) is 0.481. The minimum absolute atomic E-state index is 0.0663. The van der Waals surface area contributed by atoms with Gasteiger partial charge in [-0.2, -0.15) is 30.7 Å². The van der Waals surface area contributed by atoms with Crippen molar-refractivity contribution in [3.8, 4) is 0 Å². The van der Waals surface area contributed by atoms with E-state index in [-0.39, 0.29) is 11.3 Å². The highest BCUT2D eigenvalue weighted by atomic mass is 32.1. The molecule has 0 aliphatic rings. The number of halogens is 7. The van der Waals surface area contributed by atoms with Gasteiger partial charge in [-0.25, -0.2) is 0 Å². The van der Waals surface area contributed by atoms with Crippen LogP contribution in [0.3, 0.4) is 0 Å². The Morgan fingerprint density at radius 1 is 0.824 bits per heavy atom. The van der Waals surface area contributed by atoms with Crippen molar-refractivity contribution in [1.29, 1.82) is 0 Å². The molecule has 0 N–H and O–H groups in total. The fourth-order valence-electron chi connectivity index (χ4n) is 1.30. The molecule has 2 heterocycles. The normalized spacial score (nSPS) is 13.6. The summed E-state index contributed by atoms with van der Waals surface area (Å²) in [4.78, 5) is -2.83. The zero-order chi connectivity index (χ0) is 13.0. The molecule has 0 atom stereocenters. The van der Waals surface area contributed by atoms with Crippen molar-refractivity contribution in [2.45, 2.75) is 12.4 Å². The van der Waals surface area contributed by atoms with Gasteiger partial charge in [0.25, 0.3) is 0 Å². The molecule has 0 bridgehead atoms. The molecule has 0 aliphatic heterocycles. The van der Waals surface area contributed by atoms with Gasteiger partial charge in [0.1, 0.15) is 9.75 Å². The Bertz CT molecular complexity index is 510. The zero-order valence-corrected chi connectivity index (χ0v) is 9.17. The minimum atomic E-state index is -4.92. The molecule has 0 fully saturated rings. The summed E-state index contributed by atoms with van der Waals surface area (Å²) in [5, 5.41) is -1.80. The molecule has 0 spiro atoms. The molecule has 0 radical (unpaired) electrons. The van der Waals surface area contributed by atoms with E-state index < -0.39 is 48.7 Å². The Hall–Kier alpha value is -0.830. The maximum absolute atomic E-state index is 12.8. The Morgan fingerprint density at radius 3 is 1.82 bits per heavy atom. The van der Waals surface area contributed by atoms with Gasteiger partial charge >= 0.3 is 12.4 Å². The van der Waals surface area contributed by atoms with E-state index in [0.717, 1.165) is 0 Å². The highest BCUT2D eigenvalue weighted by molar-refractivity contribution is 7.23. The van der Waals surface area contributed by atoms with Crippen molar-refractivity contribution in [3.05, 3.63) is 21.0 Å². The fourth-order valence-corrected chi connectivity index (χ4v) is 3.37. The summed E-state index contributed by atoms with van der Waals surface area (Å²) in [6.07, 6.45) is -9.83. The van der Waals surface area contributed by atoms with Crippen LogP contribution >= 0.6 is 22.7 Å². The predicted octanol–water partition coefficient (Wildman–Crippen LogP) is 5.14. The average molecular weight is 294 g/mol. The Kier molecular flexibility index (Phi) is 2.66. The zero-order valence-electron chi connectivity index (χ0n) is 7.54. The first-order valence-electron chi connectivity index (χ1n) is 3.97. The van der Waals surface area contributed by atoms with Crippen molar-refractivity contribution >= 4 is 32.8 Å². The van der Waals surface area contributed by atoms with Gasteiger partial charge in [-0.05, 0) is 6.07 Å². The second-order valence-corrected chi connectivity index (χ2v) is 5.07. The number of alkyl halides is 6. The fraction of sp³-hybridized carbons (Fsp3) is 0.250. The molecule has 9 heteroatoms. The van der Waals surface area contributed by atoms with Crippen LogP contribution < -0.4 is 0 Å². The van der Waals surface area contributed by atoms with Crippen LogP contribution in [0.4, 0.5) is 30.7 Å². The third-order valence-corrected chi connectivity index (χ3v) is 4.24. The Morgan fingerprint density at radius 2 is 1.35 bits per heavy atom. The van der Waals surface area contributed by atoms with E-state index in [9.17, 15) is 30.7 Å². The smallest absolute Gasteiger partial charge is 0.195 e. The van der Waals surface area contributed by atoms with Gasteiger partial charge in [0.15, 0.2) is 5.13 Å². The molecule has 0 nitrogen and oxygen atoms in total. The Balaban J connectivity index is 2.80. The summed E-state index contributed by atoms with van der Waals surface area (Å²) < 4.78 is 86.8. The van der Waals surface area contributed by atoms with Gasteiger partial charge < -0.3 is 0 Å². The maximum Gasteiger partial charge on any atom is 0.427 e. The van der Waals surface area contributed by atoms with Gasteiger partial charge in [-0.15, -0.1) is 22.7 Å². The van der Waals surface area contributed by atoms with E-state index in [2.05, 4.69) is 0 Å². The van der Waals surface area contributed by atoms with Crippen molar-refractivity contribution in [2.75, 3.05) is 0 Å². The summed E-state index contributed by atoms with van der Waals surface area (Å²) in [5.41, 5.74) is 0. The predicted molar refractivity (Wildman–Crippen MR) is 49.7 cm³/mol. The first-order valence-corrected chi connectivity index (χ1v) is 5.60. The molecule has 0 saturated carbocycles. The lowest BCUT2D eigenvalue weighted by molar-refractivity contribution is -0.134. The standard InChI is InChI=1S/C8HF7S2/c9-3-1-2-4(16-3)6(8(13,14)15)17-5(2)7(10,11)12/h1H. The number of thiophene rings is 2.